The van der Waals surface area contributed by atoms with E-state index in [4.69, 9.17) is 14.5 Å². The number of amidine groups is 1. The second-order valence-electron chi connectivity index (χ2n) is 8.53. The number of non-ortho nitro benzene ring substituents is 1. The molecule has 1 amide bonds. The van der Waals surface area contributed by atoms with Gasteiger partial charge in [0.05, 0.1) is 16.6 Å². The summed E-state index contributed by atoms with van der Waals surface area (Å²) < 4.78 is 25.7. The molecule has 0 spiro atoms. The summed E-state index contributed by atoms with van der Waals surface area (Å²) in [4.78, 5) is 27.7. The molecule has 1 aliphatic carbocycles. The molecule has 1 aromatic carbocycles. The van der Waals surface area contributed by atoms with E-state index in [2.05, 4.69) is 5.32 Å². The van der Waals surface area contributed by atoms with Gasteiger partial charge in [-0.05, 0) is 46.1 Å². The number of amides is 1. The molecule has 1 saturated carbocycles. The van der Waals surface area contributed by atoms with Crippen LogP contribution in [0.25, 0.3) is 0 Å². The number of nitro groups is 1. The molecule has 1 aromatic rings. The van der Waals surface area contributed by atoms with Crippen molar-refractivity contribution in [3.05, 3.63) is 39.7 Å². The van der Waals surface area contributed by atoms with E-state index in [1.165, 1.54) is 17.8 Å². The Bertz CT molecular complexity index is 872. The van der Waals surface area contributed by atoms with Crippen LogP contribution in [0, 0.1) is 21.8 Å². The fraction of sp³-hybridized carbons (Fsp3) is 0.600. The highest BCUT2D eigenvalue weighted by Gasteiger charge is 2.49. The molecule has 1 aliphatic heterocycles. The smallest absolute Gasteiger partial charge is 0.413 e. The summed E-state index contributed by atoms with van der Waals surface area (Å²) in [5.41, 5.74) is -1.70. The number of carbonyl (C=O) groups excluding carboxylic acids is 1. The van der Waals surface area contributed by atoms with Crippen LogP contribution in [0.5, 0.6) is 0 Å². The van der Waals surface area contributed by atoms with Crippen molar-refractivity contribution in [1.29, 1.82) is 0 Å². The summed E-state index contributed by atoms with van der Waals surface area (Å²) in [6.45, 7) is 5.26. The Kier molecular flexibility index (Phi) is 6.37. The van der Waals surface area contributed by atoms with E-state index >= 15 is 0 Å². The number of benzene rings is 1. The Morgan fingerprint density at radius 1 is 1.43 bits per heavy atom. The van der Waals surface area contributed by atoms with Crippen LogP contribution in [0.15, 0.2) is 23.2 Å². The number of nitro benzene ring substituents is 1. The topological polar surface area (TPSA) is 103 Å². The molecule has 0 unspecified atom stereocenters. The first-order valence-electron chi connectivity index (χ1n) is 9.74. The van der Waals surface area contributed by atoms with E-state index < -0.39 is 28.0 Å². The molecule has 3 rings (SSSR count). The second kappa shape index (κ2) is 8.50. The second-order valence-corrected chi connectivity index (χ2v) is 9.54. The number of halogens is 1. The minimum absolute atomic E-state index is 0.0149. The number of nitrogens with zero attached hydrogens (tertiary/aromatic N) is 2. The van der Waals surface area contributed by atoms with Crippen molar-refractivity contribution >= 4 is 28.7 Å². The van der Waals surface area contributed by atoms with Crippen molar-refractivity contribution in [2.75, 3.05) is 12.9 Å². The molecule has 1 N–H and O–H groups in total. The van der Waals surface area contributed by atoms with Gasteiger partial charge in [0.1, 0.15) is 11.4 Å². The normalized spacial score (nSPS) is 26.4. The Labute approximate surface area is 178 Å². The van der Waals surface area contributed by atoms with Gasteiger partial charge in [-0.15, -0.1) is 0 Å². The van der Waals surface area contributed by atoms with Crippen molar-refractivity contribution in [3.63, 3.8) is 0 Å². The van der Waals surface area contributed by atoms with Gasteiger partial charge < -0.3 is 9.47 Å². The van der Waals surface area contributed by atoms with Gasteiger partial charge in [0.25, 0.3) is 5.69 Å². The van der Waals surface area contributed by atoms with E-state index in [9.17, 15) is 19.3 Å². The lowest BCUT2D eigenvalue weighted by molar-refractivity contribution is -0.385. The molecule has 3 atom stereocenters. The number of rotatable bonds is 3. The summed E-state index contributed by atoms with van der Waals surface area (Å²) in [5.74, 6) is -0.0768. The molecule has 10 heteroatoms. The molecular weight excluding hydrogens is 413 g/mol. The Balaban J connectivity index is 2.02. The maximum absolute atomic E-state index is 14.9. The predicted octanol–water partition coefficient (Wildman–Crippen LogP) is 4.37. The average molecular weight is 440 g/mol. The van der Waals surface area contributed by atoms with Gasteiger partial charge in [0.2, 0.25) is 0 Å². The third-order valence-electron chi connectivity index (χ3n) is 5.36. The van der Waals surface area contributed by atoms with Crippen molar-refractivity contribution < 1.29 is 23.6 Å². The molecule has 2 aliphatic rings. The lowest BCUT2D eigenvalue weighted by atomic mass is 9.68. The quantitative estimate of drug-likeness (QED) is 0.554. The van der Waals surface area contributed by atoms with E-state index in [-0.39, 0.29) is 23.3 Å². The van der Waals surface area contributed by atoms with Crippen LogP contribution in [-0.4, -0.2) is 40.8 Å². The zero-order chi connectivity index (χ0) is 22.1. The summed E-state index contributed by atoms with van der Waals surface area (Å²) in [5, 5.41) is 14.3. The number of ether oxygens (including phenoxy) is 2. The Morgan fingerprint density at radius 3 is 2.80 bits per heavy atom. The number of alkyl carbamates (subject to hydrolysis) is 1. The number of hydrogen-bond acceptors (Lipinski definition) is 7. The molecule has 164 valence electrons. The van der Waals surface area contributed by atoms with Crippen LogP contribution in [0.1, 0.15) is 45.6 Å². The largest absolute Gasteiger partial charge is 0.444 e. The van der Waals surface area contributed by atoms with Crippen molar-refractivity contribution in [3.8, 4) is 0 Å². The van der Waals surface area contributed by atoms with Crippen LogP contribution in [-0.2, 0) is 15.0 Å². The highest BCUT2D eigenvalue weighted by molar-refractivity contribution is 8.13. The summed E-state index contributed by atoms with van der Waals surface area (Å²) >= 11 is 1.35. The molecular formula is C20H26FN3O5S. The Hall–Kier alpha value is -2.20. The van der Waals surface area contributed by atoms with Gasteiger partial charge in [-0.25, -0.2) is 9.18 Å². The van der Waals surface area contributed by atoms with Crippen molar-refractivity contribution in [2.24, 2.45) is 10.9 Å². The van der Waals surface area contributed by atoms with Crippen LogP contribution < -0.4 is 5.32 Å². The zero-order valence-electron chi connectivity index (χ0n) is 17.4. The first kappa shape index (κ1) is 22.5. The van der Waals surface area contributed by atoms with Gasteiger partial charge in [-0.1, -0.05) is 11.8 Å². The van der Waals surface area contributed by atoms with E-state index in [0.29, 0.717) is 30.2 Å². The van der Waals surface area contributed by atoms with Gasteiger partial charge in [0.15, 0.2) is 5.17 Å². The Morgan fingerprint density at radius 2 is 2.17 bits per heavy atom. The number of nitrogens with one attached hydrogen (secondary N) is 1. The van der Waals surface area contributed by atoms with Crippen LogP contribution >= 0.6 is 11.8 Å². The number of methoxy groups -OCH3 is 1. The minimum atomic E-state index is -1.01. The molecule has 0 saturated heterocycles. The van der Waals surface area contributed by atoms with Crippen LogP contribution in [0.4, 0.5) is 14.9 Å². The monoisotopic (exact) mass is 439 g/mol. The number of aliphatic imine (C=N–C) groups is 1. The highest BCUT2D eigenvalue weighted by atomic mass is 32.2. The molecule has 0 bridgehead atoms. The SMILES string of the molecule is CO[C@@H]1CC[C@]2(c3cc([N+](=O)[O-])ccc3F)N=C(NC(=O)OC(C)(C)C)SC[C@@H]2C1. The average Bonchev–Trinajstić information content (AvgIpc) is 2.66. The zero-order valence-corrected chi connectivity index (χ0v) is 18.3. The summed E-state index contributed by atoms with van der Waals surface area (Å²) in [6.07, 6.45) is 1.10. The van der Waals surface area contributed by atoms with E-state index in [1.54, 1.807) is 27.9 Å². The number of hydrogen-bond donors (Lipinski definition) is 1. The van der Waals surface area contributed by atoms with Crippen LogP contribution in [0.2, 0.25) is 0 Å². The van der Waals surface area contributed by atoms with Gasteiger partial charge in [-0.3, -0.25) is 20.4 Å². The van der Waals surface area contributed by atoms with Gasteiger partial charge in [0, 0.05) is 36.5 Å². The molecule has 1 fully saturated rings. The maximum atomic E-state index is 14.9. The predicted molar refractivity (Wildman–Crippen MR) is 112 cm³/mol. The van der Waals surface area contributed by atoms with Gasteiger partial charge in [-0.2, -0.15) is 0 Å². The first-order valence-corrected chi connectivity index (χ1v) is 10.7. The molecule has 0 aromatic heterocycles. The fourth-order valence-electron chi connectivity index (χ4n) is 4.00. The highest BCUT2D eigenvalue weighted by Crippen LogP contribution is 2.50. The third kappa shape index (κ3) is 4.75. The first-order chi connectivity index (χ1) is 14.0. The standard InChI is InChI=1S/C20H26FN3O5S/c1-19(2,3)29-18(25)22-17-23-20(8-7-14(28-4)9-12(20)11-30-17)15-10-13(24(26)27)5-6-16(15)21/h5-6,10,12,14H,7-9,11H2,1-4H3,(H,22,23,25)/t12-,14+,20-/m0/s1. The lowest BCUT2D eigenvalue weighted by Gasteiger charge is -2.46. The lowest BCUT2D eigenvalue weighted by Crippen LogP contribution is -2.48. The van der Waals surface area contributed by atoms with Crippen LogP contribution in [0.3, 0.4) is 0 Å². The van der Waals surface area contributed by atoms with E-state index in [0.717, 1.165) is 12.1 Å². The summed E-state index contributed by atoms with van der Waals surface area (Å²) in [7, 11) is 1.64. The maximum Gasteiger partial charge on any atom is 0.413 e. The number of fused-ring (bicyclic) bond motifs is 1. The van der Waals surface area contributed by atoms with E-state index in [1.807, 2.05) is 0 Å². The minimum Gasteiger partial charge on any atom is -0.444 e. The van der Waals surface area contributed by atoms with Crippen molar-refractivity contribution in [1.82, 2.24) is 5.32 Å². The number of thioether (sulfide) groups is 1. The molecule has 8 nitrogen and oxygen atoms in total. The number of carbonyl (C=O) groups is 1. The van der Waals surface area contributed by atoms with Crippen molar-refractivity contribution in [2.45, 2.75) is 57.3 Å². The molecule has 1 heterocycles. The summed E-state index contributed by atoms with van der Waals surface area (Å²) in [6, 6.07) is 3.52. The third-order valence-corrected chi connectivity index (χ3v) is 6.40. The van der Waals surface area contributed by atoms with Gasteiger partial charge >= 0.3 is 6.09 Å². The fourth-order valence-corrected chi connectivity index (χ4v) is 5.16. The molecule has 0 radical (unpaired) electrons. The molecule has 30 heavy (non-hydrogen) atoms.